The maximum Gasteiger partial charge on any atom is 0.272 e. The van der Waals surface area contributed by atoms with Crippen molar-refractivity contribution in [2.24, 2.45) is 0 Å². The standard InChI is InChI=1S/C19H20N4O3/c1-12-10-16(22-26-12)18-4-3-9-23(18)19(24)17-11-15(20-21-17)13-5-7-14(25-2)8-6-13/h5-8,10-11,18H,3-4,9H2,1-2H3,(H,20,21)/t18-/m0/s1. The van der Waals surface area contributed by atoms with Crippen molar-refractivity contribution in [2.45, 2.75) is 25.8 Å². The summed E-state index contributed by atoms with van der Waals surface area (Å²) in [6.45, 7) is 2.56. The van der Waals surface area contributed by atoms with Crippen LogP contribution in [0.3, 0.4) is 0 Å². The van der Waals surface area contributed by atoms with Crippen molar-refractivity contribution >= 4 is 5.91 Å². The lowest BCUT2D eigenvalue weighted by Gasteiger charge is -2.22. The molecule has 1 aromatic carbocycles. The zero-order valence-corrected chi connectivity index (χ0v) is 14.7. The number of aromatic nitrogens is 3. The highest BCUT2D eigenvalue weighted by Gasteiger charge is 2.33. The number of hydrogen-bond acceptors (Lipinski definition) is 5. The molecule has 7 nitrogen and oxygen atoms in total. The molecule has 26 heavy (non-hydrogen) atoms. The fourth-order valence-electron chi connectivity index (χ4n) is 3.36. The van der Waals surface area contributed by atoms with Crippen molar-refractivity contribution in [1.82, 2.24) is 20.3 Å². The first kappa shape index (κ1) is 16.4. The number of nitrogens with zero attached hydrogens (tertiary/aromatic N) is 3. The van der Waals surface area contributed by atoms with Crippen molar-refractivity contribution < 1.29 is 14.1 Å². The molecule has 4 rings (SSSR count). The average molecular weight is 352 g/mol. The summed E-state index contributed by atoms with van der Waals surface area (Å²) < 4.78 is 10.3. The second-order valence-electron chi connectivity index (χ2n) is 6.41. The van der Waals surface area contributed by atoms with Gasteiger partial charge < -0.3 is 14.2 Å². The second kappa shape index (κ2) is 6.67. The van der Waals surface area contributed by atoms with E-state index in [1.807, 2.05) is 42.2 Å². The lowest BCUT2D eigenvalue weighted by Crippen LogP contribution is -2.31. The van der Waals surface area contributed by atoms with Gasteiger partial charge in [0.05, 0.1) is 18.8 Å². The molecule has 7 heteroatoms. The lowest BCUT2D eigenvalue weighted by atomic mass is 10.1. The van der Waals surface area contributed by atoms with Crippen LogP contribution in [-0.2, 0) is 0 Å². The van der Waals surface area contributed by atoms with Gasteiger partial charge in [0.15, 0.2) is 0 Å². The normalized spacial score (nSPS) is 16.8. The van der Waals surface area contributed by atoms with Crippen LogP contribution in [0.25, 0.3) is 11.3 Å². The summed E-state index contributed by atoms with van der Waals surface area (Å²) in [5, 5.41) is 11.2. The number of benzene rings is 1. The van der Waals surface area contributed by atoms with Crippen LogP contribution in [0.5, 0.6) is 5.75 Å². The third kappa shape index (κ3) is 2.96. The van der Waals surface area contributed by atoms with Gasteiger partial charge in [-0.1, -0.05) is 5.16 Å². The topological polar surface area (TPSA) is 84.2 Å². The summed E-state index contributed by atoms with van der Waals surface area (Å²) in [5.74, 6) is 1.46. The monoisotopic (exact) mass is 352 g/mol. The van der Waals surface area contributed by atoms with Crippen LogP contribution >= 0.6 is 0 Å². The molecule has 1 amide bonds. The first-order valence-electron chi connectivity index (χ1n) is 8.60. The number of rotatable bonds is 4. The van der Waals surface area contributed by atoms with Crippen molar-refractivity contribution in [1.29, 1.82) is 0 Å². The predicted octanol–water partition coefficient (Wildman–Crippen LogP) is 3.36. The van der Waals surface area contributed by atoms with E-state index in [1.54, 1.807) is 13.2 Å². The van der Waals surface area contributed by atoms with E-state index in [4.69, 9.17) is 9.26 Å². The van der Waals surface area contributed by atoms with Crippen LogP contribution in [0.1, 0.15) is 40.8 Å². The van der Waals surface area contributed by atoms with Crippen LogP contribution in [0.2, 0.25) is 0 Å². The molecule has 2 aromatic heterocycles. The van der Waals surface area contributed by atoms with Crippen molar-refractivity contribution in [3.05, 3.63) is 53.5 Å². The van der Waals surface area contributed by atoms with E-state index in [1.165, 1.54) is 0 Å². The van der Waals surface area contributed by atoms with Gasteiger partial charge in [0.1, 0.15) is 22.9 Å². The number of amides is 1. The lowest BCUT2D eigenvalue weighted by molar-refractivity contribution is 0.0725. The van der Waals surface area contributed by atoms with Crippen molar-refractivity contribution in [3.8, 4) is 17.0 Å². The zero-order chi connectivity index (χ0) is 18.1. The second-order valence-corrected chi connectivity index (χ2v) is 6.41. The molecule has 1 aliphatic heterocycles. The molecule has 1 aliphatic rings. The maximum atomic E-state index is 13.0. The summed E-state index contributed by atoms with van der Waals surface area (Å²) in [6, 6.07) is 11.2. The van der Waals surface area contributed by atoms with Crippen molar-refractivity contribution in [3.63, 3.8) is 0 Å². The molecule has 3 aromatic rings. The molecule has 134 valence electrons. The highest BCUT2D eigenvalue weighted by Crippen LogP contribution is 2.33. The van der Waals surface area contributed by atoms with E-state index in [2.05, 4.69) is 15.4 Å². The van der Waals surface area contributed by atoms with Gasteiger partial charge in [0.2, 0.25) is 0 Å². The van der Waals surface area contributed by atoms with E-state index < -0.39 is 0 Å². The number of H-pyrrole nitrogens is 1. The van der Waals surface area contributed by atoms with Crippen LogP contribution in [0.4, 0.5) is 0 Å². The molecule has 1 N–H and O–H groups in total. The first-order chi connectivity index (χ1) is 12.7. The highest BCUT2D eigenvalue weighted by atomic mass is 16.5. The quantitative estimate of drug-likeness (QED) is 0.778. The summed E-state index contributed by atoms with van der Waals surface area (Å²) in [7, 11) is 1.63. The molecule has 0 aliphatic carbocycles. The minimum absolute atomic E-state index is 0.0484. The smallest absolute Gasteiger partial charge is 0.272 e. The Morgan fingerprint density at radius 2 is 2.12 bits per heavy atom. The van der Waals surface area contributed by atoms with E-state index in [-0.39, 0.29) is 11.9 Å². The number of carbonyl (C=O) groups is 1. The highest BCUT2D eigenvalue weighted by molar-refractivity contribution is 5.93. The Morgan fingerprint density at radius 1 is 1.31 bits per heavy atom. The van der Waals surface area contributed by atoms with Gasteiger partial charge in [-0.2, -0.15) is 5.10 Å². The summed E-state index contributed by atoms with van der Waals surface area (Å²) >= 11 is 0. The Labute approximate surface area is 150 Å². The molecular weight excluding hydrogens is 332 g/mol. The maximum absolute atomic E-state index is 13.0. The fourth-order valence-corrected chi connectivity index (χ4v) is 3.36. The van der Waals surface area contributed by atoms with Gasteiger partial charge in [-0.25, -0.2) is 0 Å². The summed E-state index contributed by atoms with van der Waals surface area (Å²) in [4.78, 5) is 14.8. The van der Waals surface area contributed by atoms with Gasteiger partial charge in [0, 0.05) is 18.2 Å². The van der Waals surface area contributed by atoms with E-state index in [0.29, 0.717) is 12.2 Å². The Morgan fingerprint density at radius 3 is 2.81 bits per heavy atom. The summed E-state index contributed by atoms with van der Waals surface area (Å²) in [6.07, 6.45) is 1.83. The van der Waals surface area contributed by atoms with E-state index >= 15 is 0 Å². The molecule has 1 fully saturated rings. The average Bonchev–Trinajstić information content (AvgIpc) is 3.41. The first-order valence-corrected chi connectivity index (χ1v) is 8.60. The van der Waals surface area contributed by atoms with Gasteiger partial charge in [0.25, 0.3) is 5.91 Å². The van der Waals surface area contributed by atoms with Crippen LogP contribution < -0.4 is 4.74 Å². The van der Waals surface area contributed by atoms with E-state index in [9.17, 15) is 4.79 Å². The largest absolute Gasteiger partial charge is 0.497 e. The molecule has 0 saturated carbocycles. The number of likely N-dealkylation sites (tertiary alicyclic amines) is 1. The van der Waals surface area contributed by atoms with Gasteiger partial charge in [-0.05, 0) is 50.1 Å². The molecule has 1 saturated heterocycles. The van der Waals surface area contributed by atoms with Gasteiger partial charge >= 0.3 is 0 Å². The Bertz CT molecular complexity index is 913. The Balaban J connectivity index is 1.55. The molecule has 1 atom stereocenters. The fraction of sp³-hybridized carbons (Fsp3) is 0.316. The number of carbonyl (C=O) groups excluding carboxylic acids is 1. The minimum atomic E-state index is -0.0691. The number of hydrogen-bond donors (Lipinski definition) is 1. The summed E-state index contributed by atoms with van der Waals surface area (Å²) in [5.41, 5.74) is 2.93. The number of aryl methyl sites for hydroxylation is 1. The number of aromatic amines is 1. The zero-order valence-electron chi connectivity index (χ0n) is 14.7. The van der Waals surface area contributed by atoms with Crippen molar-refractivity contribution in [2.75, 3.05) is 13.7 Å². The predicted molar refractivity (Wildman–Crippen MR) is 94.8 cm³/mol. The third-order valence-corrected chi connectivity index (χ3v) is 4.70. The van der Waals surface area contributed by atoms with Crippen LogP contribution in [-0.4, -0.2) is 39.8 Å². The van der Waals surface area contributed by atoms with E-state index in [0.717, 1.165) is 41.3 Å². The Kier molecular flexibility index (Phi) is 4.20. The third-order valence-electron chi connectivity index (χ3n) is 4.70. The molecule has 0 unspecified atom stereocenters. The molecule has 0 radical (unpaired) electrons. The van der Waals surface area contributed by atoms with Crippen LogP contribution in [0, 0.1) is 6.92 Å². The van der Waals surface area contributed by atoms with Crippen LogP contribution in [0.15, 0.2) is 40.9 Å². The minimum Gasteiger partial charge on any atom is -0.497 e. The Hall–Kier alpha value is -3.09. The number of methoxy groups -OCH3 is 1. The number of nitrogens with one attached hydrogen (secondary N) is 1. The molecule has 0 spiro atoms. The molecule has 0 bridgehead atoms. The van der Waals surface area contributed by atoms with Gasteiger partial charge in [-0.15, -0.1) is 0 Å². The SMILES string of the molecule is COc1ccc(-c2cc(C(=O)N3CCC[C@H]3c3cc(C)on3)[nH]n2)cc1. The molecular formula is C19H20N4O3. The number of ether oxygens (including phenoxy) is 1. The molecule has 3 heterocycles. The van der Waals surface area contributed by atoms with Gasteiger partial charge in [-0.3, -0.25) is 9.89 Å².